The van der Waals surface area contributed by atoms with Gasteiger partial charge in [-0.05, 0) is 58.2 Å². The smallest absolute Gasteiger partial charge is 0.338 e. The largest absolute Gasteiger partial charge is 0.505 e. The molecule has 0 radical (unpaired) electrons. The van der Waals surface area contributed by atoms with Crippen molar-refractivity contribution in [3.8, 4) is 22.8 Å². The molecule has 0 saturated carbocycles. The third kappa shape index (κ3) is 4.01. The van der Waals surface area contributed by atoms with Gasteiger partial charge in [0, 0.05) is 23.4 Å². The normalized spacial score (nSPS) is 14.7. The van der Waals surface area contributed by atoms with Crippen LogP contribution in [0.15, 0.2) is 45.9 Å². The molecule has 4 bridgehead atoms. The van der Waals surface area contributed by atoms with Gasteiger partial charge in [-0.3, -0.25) is 4.72 Å². The number of cyclic esters (lactones) is 1. The number of phenolic OH excluding ortho intramolecular Hbond substituents is 1. The molecular weight excluding hydrogens is 524 g/mol. The minimum Gasteiger partial charge on any atom is -0.505 e. The maximum atomic E-state index is 13.1. The number of aromatic hydroxyl groups is 1. The van der Waals surface area contributed by atoms with Crippen LogP contribution in [0.25, 0.3) is 11.1 Å². The van der Waals surface area contributed by atoms with E-state index in [1.807, 2.05) is 0 Å². The number of nitrogens with one attached hydrogen (secondary N) is 1. The van der Waals surface area contributed by atoms with Gasteiger partial charge in [0.2, 0.25) is 5.88 Å². The van der Waals surface area contributed by atoms with Crippen LogP contribution in [0.2, 0.25) is 5.02 Å². The number of pyridine rings is 1. The molecule has 11 heteroatoms. The molecule has 0 atom stereocenters. The Morgan fingerprint density at radius 1 is 1.22 bits per heavy atom. The molecule has 1 aliphatic rings. The summed E-state index contributed by atoms with van der Waals surface area (Å²) in [6.07, 6.45) is 1.55. The highest BCUT2D eigenvalue weighted by Gasteiger charge is 2.26. The standard InChI is InChI=1S/C21H16BrClN2O6S/c1-10-3-11-5-16(19(10)23)25-32(28,29)17-6-12(4-15(22)20(17)26)21(27)31-9-13-7-18(30-2)24-8-14(11)13/h3-8,25-26H,9H2,1-2H3. The van der Waals surface area contributed by atoms with Gasteiger partial charge in [-0.25, -0.2) is 18.2 Å². The van der Waals surface area contributed by atoms with Crippen molar-refractivity contribution in [1.82, 2.24) is 4.98 Å². The van der Waals surface area contributed by atoms with E-state index in [9.17, 15) is 18.3 Å². The molecule has 0 unspecified atom stereocenters. The number of nitrogens with zero attached hydrogens (tertiary/aromatic N) is 1. The van der Waals surface area contributed by atoms with Crippen molar-refractivity contribution < 1.29 is 27.8 Å². The van der Waals surface area contributed by atoms with Gasteiger partial charge >= 0.3 is 5.97 Å². The summed E-state index contributed by atoms with van der Waals surface area (Å²) < 4.78 is 39.3. The van der Waals surface area contributed by atoms with Crippen LogP contribution in [0.1, 0.15) is 21.5 Å². The third-order valence-corrected chi connectivity index (χ3v) is 7.38. The van der Waals surface area contributed by atoms with E-state index >= 15 is 0 Å². The van der Waals surface area contributed by atoms with Crippen LogP contribution in [0.5, 0.6) is 11.6 Å². The number of sulfonamides is 1. The molecule has 0 saturated heterocycles. The van der Waals surface area contributed by atoms with E-state index in [0.29, 0.717) is 28.1 Å². The van der Waals surface area contributed by atoms with E-state index in [1.165, 1.54) is 13.2 Å². The molecule has 0 aliphatic carbocycles. The number of rotatable bonds is 1. The minimum absolute atomic E-state index is 0.0181. The Morgan fingerprint density at radius 3 is 2.69 bits per heavy atom. The molecule has 1 aliphatic heterocycles. The quantitative estimate of drug-likeness (QED) is 0.432. The number of halogens is 2. The molecular formula is C21H16BrClN2O6S. The van der Waals surface area contributed by atoms with Crippen LogP contribution in [0.3, 0.4) is 0 Å². The van der Waals surface area contributed by atoms with Gasteiger partial charge in [-0.2, -0.15) is 0 Å². The Morgan fingerprint density at radius 2 is 1.97 bits per heavy atom. The van der Waals surface area contributed by atoms with Gasteiger partial charge in [-0.1, -0.05) is 11.6 Å². The molecule has 2 heterocycles. The fourth-order valence-electron chi connectivity index (χ4n) is 3.29. The summed E-state index contributed by atoms with van der Waals surface area (Å²) in [5.74, 6) is -1.00. The number of phenols is 1. The summed E-state index contributed by atoms with van der Waals surface area (Å²) in [5.41, 5.74) is 2.45. The minimum atomic E-state index is -4.32. The summed E-state index contributed by atoms with van der Waals surface area (Å²) in [5, 5.41) is 10.6. The van der Waals surface area contributed by atoms with Crippen LogP contribution < -0.4 is 9.46 Å². The molecule has 0 fully saturated rings. The van der Waals surface area contributed by atoms with E-state index in [4.69, 9.17) is 21.1 Å². The average Bonchev–Trinajstić information content (AvgIpc) is 2.76. The van der Waals surface area contributed by atoms with Crippen molar-refractivity contribution in [2.75, 3.05) is 11.8 Å². The summed E-state index contributed by atoms with van der Waals surface area (Å²) in [6.45, 7) is 1.60. The number of methoxy groups -OCH3 is 1. The second-order valence-electron chi connectivity index (χ2n) is 7.02. The Bertz CT molecular complexity index is 1380. The van der Waals surface area contributed by atoms with E-state index in [0.717, 1.165) is 6.07 Å². The summed E-state index contributed by atoms with van der Waals surface area (Å²) in [4.78, 5) is 16.4. The third-order valence-electron chi connectivity index (χ3n) is 4.90. The molecule has 0 amide bonds. The zero-order valence-electron chi connectivity index (χ0n) is 16.8. The van der Waals surface area contributed by atoms with Crippen molar-refractivity contribution in [2.45, 2.75) is 18.4 Å². The monoisotopic (exact) mass is 538 g/mol. The Hall–Kier alpha value is -2.82. The predicted molar refractivity (Wildman–Crippen MR) is 122 cm³/mol. The fraction of sp³-hybridized carbons (Fsp3) is 0.143. The lowest BCUT2D eigenvalue weighted by atomic mass is 10.00. The molecule has 3 aromatic rings. The SMILES string of the molecule is COc1cc2c(cn1)-c1cc(C)c(Cl)c(c1)NS(=O)(=O)c1cc(cc(Br)c1O)C(=O)OC2. The lowest BCUT2D eigenvalue weighted by Gasteiger charge is -2.15. The number of carbonyl (C=O) groups excluding carboxylic acids is 1. The highest BCUT2D eigenvalue weighted by atomic mass is 79.9. The molecule has 2 aromatic carbocycles. The first kappa shape index (κ1) is 22.4. The van der Waals surface area contributed by atoms with E-state index in [-0.39, 0.29) is 27.4 Å². The maximum Gasteiger partial charge on any atom is 0.338 e. The number of ether oxygens (including phenoxy) is 2. The van der Waals surface area contributed by atoms with Gasteiger partial charge < -0.3 is 14.6 Å². The van der Waals surface area contributed by atoms with E-state index < -0.39 is 26.6 Å². The van der Waals surface area contributed by atoms with Crippen molar-refractivity contribution >= 4 is 49.2 Å². The second-order valence-corrected chi connectivity index (χ2v) is 9.91. The molecule has 2 N–H and O–H groups in total. The number of anilines is 1. The number of hydrogen-bond acceptors (Lipinski definition) is 7. The zero-order valence-corrected chi connectivity index (χ0v) is 19.9. The Kier molecular flexibility index (Phi) is 5.78. The number of hydrogen-bond donors (Lipinski definition) is 2. The van der Waals surface area contributed by atoms with Gasteiger partial charge in [-0.15, -0.1) is 0 Å². The first-order valence-electron chi connectivity index (χ1n) is 9.16. The number of fused-ring (bicyclic) bond motifs is 6. The predicted octanol–water partition coefficient (Wildman–Crippen LogP) is 4.66. The average molecular weight is 540 g/mol. The molecule has 8 nitrogen and oxygen atoms in total. The van der Waals surface area contributed by atoms with Crippen LogP contribution in [-0.2, 0) is 21.4 Å². The van der Waals surface area contributed by atoms with E-state index in [1.54, 1.807) is 31.3 Å². The van der Waals surface area contributed by atoms with Gasteiger partial charge in [0.25, 0.3) is 10.0 Å². The number of aryl methyl sites for hydroxylation is 1. The molecule has 32 heavy (non-hydrogen) atoms. The van der Waals surface area contributed by atoms with Crippen LogP contribution >= 0.6 is 27.5 Å². The molecule has 4 rings (SSSR count). The lowest BCUT2D eigenvalue weighted by Crippen LogP contribution is -2.15. The Balaban J connectivity index is 2.01. The van der Waals surface area contributed by atoms with Gasteiger partial charge in [0.1, 0.15) is 17.3 Å². The van der Waals surface area contributed by atoms with Crippen molar-refractivity contribution in [3.63, 3.8) is 0 Å². The number of benzene rings is 2. The maximum absolute atomic E-state index is 13.1. The van der Waals surface area contributed by atoms with Crippen molar-refractivity contribution in [3.05, 3.63) is 62.7 Å². The highest BCUT2D eigenvalue weighted by Crippen LogP contribution is 2.38. The van der Waals surface area contributed by atoms with Gasteiger partial charge in [0.15, 0.2) is 0 Å². The summed E-state index contributed by atoms with van der Waals surface area (Å²) in [6, 6.07) is 7.27. The van der Waals surface area contributed by atoms with Gasteiger partial charge in [0.05, 0.1) is 27.9 Å². The summed E-state index contributed by atoms with van der Waals surface area (Å²) >= 11 is 9.48. The van der Waals surface area contributed by atoms with Crippen LogP contribution in [-0.4, -0.2) is 31.6 Å². The topological polar surface area (TPSA) is 115 Å². The first-order valence-corrected chi connectivity index (χ1v) is 11.8. The molecule has 166 valence electrons. The van der Waals surface area contributed by atoms with Crippen LogP contribution in [0, 0.1) is 6.92 Å². The summed E-state index contributed by atoms with van der Waals surface area (Å²) in [7, 11) is -2.85. The van der Waals surface area contributed by atoms with Crippen molar-refractivity contribution in [1.29, 1.82) is 0 Å². The Labute approximate surface area is 197 Å². The second kappa shape index (κ2) is 8.27. The van der Waals surface area contributed by atoms with Crippen molar-refractivity contribution in [2.24, 2.45) is 0 Å². The first-order chi connectivity index (χ1) is 15.1. The van der Waals surface area contributed by atoms with E-state index in [2.05, 4.69) is 25.6 Å². The zero-order chi connectivity index (χ0) is 23.2. The molecule has 1 aromatic heterocycles. The number of aromatic nitrogens is 1. The van der Waals surface area contributed by atoms with Crippen LogP contribution in [0.4, 0.5) is 5.69 Å². The number of carbonyl (C=O) groups is 1. The fourth-order valence-corrected chi connectivity index (χ4v) is 5.30. The highest BCUT2D eigenvalue weighted by molar-refractivity contribution is 9.10. The number of esters is 1. The molecule has 0 spiro atoms. The lowest BCUT2D eigenvalue weighted by molar-refractivity contribution is 0.0472.